The number of hydrogen-bond acceptors (Lipinski definition) is 4. The van der Waals surface area contributed by atoms with Gasteiger partial charge in [-0.25, -0.2) is 0 Å². The average molecular weight is 277 g/mol. The van der Waals surface area contributed by atoms with Gasteiger partial charge in [0.15, 0.2) is 0 Å². The Balaban J connectivity index is 2.06. The number of amides is 1. The van der Waals surface area contributed by atoms with E-state index in [1.807, 2.05) is 32.0 Å². The van der Waals surface area contributed by atoms with Crippen LogP contribution < -0.4 is 10.6 Å². The fourth-order valence-corrected chi connectivity index (χ4v) is 2.71. The van der Waals surface area contributed by atoms with Gasteiger partial charge in [0.05, 0.1) is 30.1 Å². The molecular formula is C15H23N3O2. The Labute approximate surface area is 120 Å². The van der Waals surface area contributed by atoms with Crippen molar-refractivity contribution < 1.29 is 9.90 Å². The number of β-amino-alcohol motifs (C(OH)–C–C–N with tert-alkyl or cyclic N) is 1. The van der Waals surface area contributed by atoms with Gasteiger partial charge in [-0.1, -0.05) is 13.3 Å². The largest absolute Gasteiger partial charge is 0.397 e. The number of nitrogen functional groups attached to an aromatic ring is 1. The first-order valence-corrected chi connectivity index (χ1v) is 6.95. The summed E-state index contributed by atoms with van der Waals surface area (Å²) < 4.78 is 0. The maximum Gasteiger partial charge on any atom is 0.254 e. The summed E-state index contributed by atoms with van der Waals surface area (Å²) in [4.78, 5) is 15.9. The van der Waals surface area contributed by atoms with E-state index in [1.165, 1.54) is 0 Å². The van der Waals surface area contributed by atoms with Crippen LogP contribution in [0.25, 0.3) is 0 Å². The van der Waals surface area contributed by atoms with Gasteiger partial charge in [0.25, 0.3) is 5.91 Å². The molecule has 110 valence electrons. The highest BCUT2D eigenvalue weighted by Crippen LogP contribution is 2.29. The number of nitrogens with zero attached hydrogens (tertiary/aromatic N) is 2. The second-order valence-electron chi connectivity index (χ2n) is 5.80. The van der Waals surface area contributed by atoms with Gasteiger partial charge >= 0.3 is 0 Å². The minimum absolute atomic E-state index is 0.0669. The zero-order chi connectivity index (χ0) is 14.9. The van der Waals surface area contributed by atoms with Crippen LogP contribution in [0.5, 0.6) is 0 Å². The van der Waals surface area contributed by atoms with Crippen LogP contribution in [0.1, 0.15) is 30.1 Å². The normalized spacial score (nSPS) is 16.7. The molecule has 1 heterocycles. The van der Waals surface area contributed by atoms with Crippen LogP contribution in [-0.2, 0) is 0 Å². The van der Waals surface area contributed by atoms with Gasteiger partial charge in [0, 0.05) is 19.7 Å². The molecule has 0 saturated carbocycles. The summed E-state index contributed by atoms with van der Waals surface area (Å²) in [7, 11) is 3.82. The predicted molar refractivity (Wildman–Crippen MR) is 80.9 cm³/mol. The number of carbonyl (C=O) groups is 1. The lowest BCUT2D eigenvalue weighted by molar-refractivity contribution is -0.0860. The molecule has 1 saturated heterocycles. The summed E-state index contributed by atoms with van der Waals surface area (Å²) >= 11 is 0. The summed E-state index contributed by atoms with van der Waals surface area (Å²) in [6.45, 7) is 2.85. The number of nitrogens with two attached hydrogens (primary N) is 1. The van der Waals surface area contributed by atoms with Gasteiger partial charge in [-0.3, -0.25) is 4.79 Å². The zero-order valence-corrected chi connectivity index (χ0v) is 12.4. The Hall–Kier alpha value is -1.75. The van der Waals surface area contributed by atoms with Crippen molar-refractivity contribution in [3.05, 3.63) is 23.8 Å². The molecule has 0 aromatic heterocycles. The smallest absolute Gasteiger partial charge is 0.254 e. The number of benzene rings is 1. The lowest BCUT2D eigenvalue weighted by atomic mass is 9.88. The van der Waals surface area contributed by atoms with Crippen molar-refractivity contribution in [3.63, 3.8) is 0 Å². The topological polar surface area (TPSA) is 69.8 Å². The minimum atomic E-state index is -0.695. The first-order chi connectivity index (χ1) is 9.36. The van der Waals surface area contributed by atoms with E-state index in [0.29, 0.717) is 24.3 Å². The standard InChI is InChI=1S/C15H23N3O2/c1-4-7-15(20)9-18(10-15)14(19)11-5-6-13(17(2)3)12(16)8-11/h5-6,8,20H,4,7,9-10,16H2,1-3H3. The first kappa shape index (κ1) is 14.7. The van der Waals surface area contributed by atoms with Gasteiger partial charge in [0.1, 0.15) is 0 Å². The summed E-state index contributed by atoms with van der Waals surface area (Å²) in [6.07, 6.45) is 1.65. The van der Waals surface area contributed by atoms with E-state index >= 15 is 0 Å². The molecule has 0 aliphatic carbocycles. The Bertz CT molecular complexity index is 508. The molecule has 0 spiro atoms. The Morgan fingerprint density at radius 2 is 2.10 bits per heavy atom. The fraction of sp³-hybridized carbons (Fsp3) is 0.533. The number of aliphatic hydroxyl groups is 1. The van der Waals surface area contributed by atoms with Gasteiger partial charge in [-0.2, -0.15) is 0 Å². The summed E-state index contributed by atoms with van der Waals surface area (Å²) in [6, 6.07) is 5.33. The monoisotopic (exact) mass is 277 g/mol. The molecule has 3 N–H and O–H groups in total. The lowest BCUT2D eigenvalue weighted by Gasteiger charge is -2.46. The second kappa shape index (κ2) is 5.32. The van der Waals surface area contributed by atoms with E-state index in [1.54, 1.807) is 17.0 Å². The van der Waals surface area contributed by atoms with Crippen molar-refractivity contribution in [2.24, 2.45) is 0 Å². The molecule has 0 bridgehead atoms. The molecule has 2 rings (SSSR count). The number of hydrogen-bond donors (Lipinski definition) is 2. The van der Waals surface area contributed by atoms with E-state index < -0.39 is 5.60 Å². The quantitative estimate of drug-likeness (QED) is 0.814. The second-order valence-corrected chi connectivity index (χ2v) is 5.80. The Kier molecular flexibility index (Phi) is 3.90. The molecule has 5 nitrogen and oxygen atoms in total. The molecule has 1 fully saturated rings. The van der Waals surface area contributed by atoms with E-state index in [0.717, 1.165) is 18.5 Å². The highest BCUT2D eigenvalue weighted by atomic mass is 16.3. The van der Waals surface area contributed by atoms with Crippen molar-refractivity contribution >= 4 is 17.3 Å². The molecule has 5 heteroatoms. The maximum atomic E-state index is 12.3. The van der Waals surface area contributed by atoms with Crippen molar-refractivity contribution in [3.8, 4) is 0 Å². The van der Waals surface area contributed by atoms with Gasteiger partial charge in [0.2, 0.25) is 0 Å². The zero-order valence-electron chi connectivity index (χ0n) is 12.4. The SMILES string of the molecule is CCCC1(O)CN(C(=O)c2ccc(N(C)C)c(N)c2)C1. The predicted octanol–water partition coefficient (Wildman–Crippen LogP) is 1.32. The summed E-state index contributed by atoms with van der Waals surface area (Å²) in [5.74, 6) is -0.0669. The molecule has 1 amide bonds. The highest BCUT2D eigenvalue weighted by molar-refractivity contribution is 5.96. The van der Waals surface area contributed by atoms with Crippen molar-refractivity contribution in [1.82, 2.24) is 4.90 Å². The van der Waals surface area contributed by atoms with Crippen LogP contribution in [0.4, 0.5) is 11.4 Å². The van der Waals surface area contributed by atoms with Crippen LogP contribution in [0, 0.1) is 0 Å². The molecule has 0 atom stereocenters. The molecule has 0 radical (unpaired) electrons. The van der Waals surface area contributed by atoms with Crippen molar-refractivity contribution in [1.29, 1.82) is 0 Å². The molecule has 1 aliphatic heterocycles. The molecule has 20 heavy (non-hydrogen) atoms. The molecule has 1 aromatic carbocycles. The Morgan fingerprint density at radius 1 is 1.45 bits per heavy atom. The van der Waals surface area contributed by atoms with Crippen LogP contribution in [0.15, 0.2) is 18.2 Å². The molecular weight excluding hydrogens is 254 g/mol. The minimum Gasteiger partial charge on any atom is -0.397 e. The van der Waals surface area contributed by atoms with E-state index in [2.05, 4.69) is 0 Å². The average Bonchev–Trinajstić information content (AvgIpc) is 2.34. The summed E-state index contributed by atoms with van der Waals surface area (Å²) in [5, 5.41) is 10.1. The van der Waals surface area contributed by atoms with Gasteiger partial charge in [-0.05, 0) is 24.6 Å². The number of anilines is 2. The Morgan fingerprint density at radius 3 is 2.60 bits per heavy atom. The van der Waals surface area contributed by atoms with E-state index in [4.69, 9.17) is 5.73 Å². The summed E-state index contributed by atoms with van der Waals surface area (Å²) in [5.41, 5.74) is 7.32. The lowest BCUT2D eigenvalue weighted by Crippen LogP contribution is -2.63. The van der Waals surface area contributed by atoms with Crippen LogP contribution in [-0.4, -0.2) is 48.7 Å². The third-order valence-corrected chi connectivity index (χ3v) is 3.73. The van der Waals surface area contributed by atoms with Crippen LogP contribution in [0.3, 0.4) is 0 Å². The van der Waals surface area contributed by atoms with Crippen LogP contribution >= 0.6 is 0 Å². The van der Waals surface area contributed by atoms with Gasteiger partial charge < -0.3 is 20.6 Å². The molecule has 1 aromatic rings. The third-order valence-electron chi connectivity index (χ3n) is 3.73. The van der Waals surface area contributed by atoms with Crippen LogP contribution in [0.2, 0.25) is 0 Å². The first-order valence-electron chi connectivity index (χ1n) is 6.95. The number of likely N-dealkylation sites (tertiary alicyclic amines) is 1. The van der Waals surface area contributed by atoms with E-state index in [-0.39, 0.29) is 5.91 Å². The maximum absolute atomic E-state index is 12.3. The molecule has 1 aliphatic rings. The number of rotatable bonds is 4. The van der Waals surface area contributed by atoms with Gasteiger partial charge in [-0.15, -0.1) is 0 Å². The number of carbonyl (C=O) groups excluding carboxylic acids is 1. The third kappa shape index (κ3) is 2.72. The van der Waals surface area contributed by atoms with E-state index in [9.17, 15) is 9.90 Å². The van der Waals surface area contributed by atoms with Crippen molar-refractivity contribution in [2.45, 2.75) is 25.4 Å². The highest BCUT2D eigenvalue weighted by Gasteiger charge is 2.42. The molecule has 0 unspecified atom stereocenters. The fourth-order valence-electron chi connectivity index (χ4n) is 2.71. The van der Waals surface area contributed by atoms with Crippen molar-refractivity contribution in [2.75, 3.05) is 37.8 Å².